The van der Waals surface area contributed by atoms with E-state index in [0.717, 1.165) is 5.57 Å². The normalized spacial score (nSPS) is 10.8. The van der Waals surface area contributed by atoms with Gasteiger partial charge < -0.3 is 0 Å². The van der Waals surface area contributed by atoms with Crippen LogP contribution in [0.25, 0.3) is 0 Å². The van der Waals surface area contributed by atoms with Crippen LogP contribution < -0.4 is 0 Å². The maximum atomic E-state index is 3.79. The van der Waals surface area contributed by atoms with Crippen molar-refractivity contribution < 1.29 is 0 Å². The van der Waals surface area contributed by atoms with E-state index in [1.54, 1.807) is 26.3 Å². The third-order valence-electron chi connectivity index (χ3n) is 0.892. The summed E-state index contributed by atoms with van der Waals surface area (Å²) in [6, 6.07) is 0. The standard InChI is InChI=1S/C9H11N/c1-4-6-9(5-2)7-8-10-3/h5,7-8H,2H2,1,3H3/b9-7-,10-8-. The molecule has 0 aliphatic carbocycles. The number of hydrogen-bond donors (Lipinski definition) is 0. The van der Waals surface area contributed by atoms with E-state index in [0.29, 0.717) is 0 Å². The Labute approximate surface area is 62.2 Å². The Morgan fingerprint density at radius 2 is 2.30 bits per heavy atom. The molecule has 0 heterocycles. The Hall–Kier alpha value is -1.29. The second kappa shape index (κ2) is 5.84. The van der Waals surface area contributed by atoms with Crippen molar-refractivity contribution in [2.24, 2.45) is 4.99 Å². The summed E-state index contributed by atoms with van der Waals surface area (Å²) in [5, 5.41) is 0. The fourth-order valence-corrected chi connectivity index (χ4v) is 0.460. The van der Waals surface area contributed by atoms with Crippen LogP contribution >= 0.6 is 0 Å². The van der Waals surface area contributed by atoms with Gasteiger partial charge in [0.05, 0.1) is 0 Å². The lowest BCUT2D eigenvalue weighted by Crippen LogP contribution is -1.72. The highest BCUT2D eigenvalue weighted by Crippen LogP contribution is 1.89. The van der Waals surface area contributed by atoms with E-state index >= 15 is 0 Å². The van der Waals surface area contributed by atoms with Crippen molar-refractivity contribution >= 4 is 6.21 Å². The molecule has 0 N–H and O–H groups in total. The molecule has 0 saturated heterocycles. The van der Waals surface area contributed by atoms with Gasteiger partial charge in [-0.3, -0.25) is 4.99 Å². The van der Waals surface area contributed by atoms with Gasteiger partial charge in [0.2, 0.25) is 0 Å². The van der Waals surface area contributed by atoms with Gasteiger partial charge in [0, 0.05) is 18.8 Å². The summed E-state index contributed by atoms with van der Waals surface area (Å²) in [5.41, 5.74) is 0.896. The van der Waals surface area contributed by atoms with Crippen LogP contribution in [0.5, 0.6) is 0 Å². The van der Waals surface area contributed by atoms with E-state index in [2.05, 4.69) is 23.4 Å². The number of nitrogens with zero attached hydrogens (tertiary/aromatic N) is 1. The Bertz CT molecular complexity index is 211. The second-order valence-corrected chi connectivity index (χ2v) is 1.61. The van der Waals surface area contributed by atoms with Crippen molar-refractivity contribution in [3.05, 3.63) is 24.3 Å². The van der Waals surface area contributed by atoms with Crippen LogP contribution in [0.2, 0.25) is 0 Å². The van der Waals surface area contributed by atoms with Crippen LogP contribution in [0.1, 0.15) is 6.92 Å². The van der Waals surface area contributed by atoms with Crippen LogP contribution in [-0.4, -0.2) is 13.3 Å². The van der Waals surface area contributed by atoms with Crippen molar-refractivity contribution in [1.82, 2.24) is 0 Å². The lowest BCUT2D eigenvalue weighted by atomic mass is 10.2. The highest BCUT2D eigenvalue weighted by Gasteiger charge is 1.77. The van der Waals surface area contributed by atoms with Crippen LogP contribution in [0.3, 0.4) is 0 Å². The smallest absolute Gasteiger partial charge is 0.0277 e. The van der Waals surface area contributed by atoms with E-state index in [9.17, 15) is 0 Å². The highest BCUT2D eigenvalue weighted by molar-refractivity contribution is 5.74. The minimum absolute atomic E-state index is 0.896. The van der Waals surface area contributed by atoms with Crippen molar-refractivity contribution in [3.63, 3.8) is 0 Å². The van der Waals surface area contributed by atoms with Gasteiger partial charge in [0.25, 0.3) is 0 Å². The lowest BCUT2D eigenvalue weighted by Gasteiger charge is -1.82. The van der Waals surface area contributed by atoms with Crippen LogP contribution in [-0.2, 0) is 0 Å². The van der Waals surface area contributed by atoms with Gasteiger partial charge in [0.1, 0.15) is 0 Å². The third kappa shape index (κ3) is 3.68. The molecular formula is C9H11N. The molecule has 0 aromatic carbocycles. The average Bonchev–Trinajstić information content (AvgIpc) is 1.98. The molecule has 1 heteroatoms. The minimum atomic E-state index is 0.896. The summed E-state index contributed by atoms with van der Waals surface area (Å²) in [7, 11) is 1.72. The molecular weight excluding hydrogens is 122 g/mol. The van der Waals surface area contributed by atoms with Gasteiger partial charge in [0.15, 0.2) is 0 Å². The number of hydrogen-bond acceptors (Lipinski definition) is 1. The third-order valence-corrected chi connectivity index (χ3v) is 0.892. The second-order valence-electron chi connectivity index (χ2n) is 1.61. The Morgan fingerprint density at radius 3 is 2.70 bits per heavy atom. The molecule has 0 atom stereocenters. The summed E-state index contributed by atoms with van der Waals surface area (Å²) in [4.78, 5) is 3.79. The maximum Gasteiger partial charge on any atom is 0.0277 e. The predicted octanol–water partition coefficient (Wildman–Crippen LogP) is 1.82. The molecule has 0 aliphatic heterocycles. The molecule has 0 spiro atoms. The van der Waals surface area contributed by atoms with Gasteiger partial charge in [-0.2, -0.15) is 0 Å². The van der Waals surface area contributed by atoms with E-state index < -0.39 is 0 Å². The molecule has 0 fully saturated rings. The first-order valence-corrected chi connectivity index (χ1v) is 3.02. The van der Waals surface area contributed by atoms with Crippen molar-refractivity contribution in [1.29, 1.82) is 0 Å². The topological polar surface area (TPSA) is 12.4 Å². The first-order valence-electron chi connectivity index (χ1n) is 3.02. The largest absolute Gasteiger partial charge is 0.296 e. The zero-order valence-corrected chi connectivity index (χ0v) is 6.39. The average molecular weight is 133 g/mol. The van der Waals surface area contributed by atoms with Crippen LogP contribution in [0.4, 0.5) is 0 Å². The molecule has 0 aliphatic rings. The molecule has 1 nitrogen and oxygen atoms in total. The Balaban J connectivity index is 4.28. The van der Waals surface area contributed by atoms with Gasteiger partial charge >= 0.3 is 0 Å². The fourth-order valence-electron chi connectivity index (χ4n) is 0.460. The number of allylic oxidation sites excluding steroid dienone is 3. The lowest BCUT2D eigenvalue weighted by molar-refractivity contribution is 1.47. The van der Waals surface area contributed by atoms with Crippen molar-refractivity contribution in [2.45, 2.75) is 6.92 Å². The van der Waals surface area contributed by atoms with E-state index in [-0.39, 0.29) is 0 Å². The SMILES string of the molecule is C=C/C(C#CC)=C/C=N\C. The summed E-state index contributed by atoms with van der Waals surface area (Å²) < 4.78 is 0. The van der Waals surface area contributed by atoms with Crippen molar-refractivity contribution in [2.75, 3.05) is 7.05 Å². The van der Waals surface area contributed by atoms with E-state index in [1.165, 1.54) is 0 Å². The molecule has 0 aromatic rings. The maximum absolute atomic E-state index is 3.79. The first-order chi connectivity index (χ1) is 4.85. The molecule has 0 rings (SSSR count). The van der Waals surface area contributed by atoms with E-state index in [4.69, 9.17) is 0 Å². The fraction of sp³-hybridized carbons (Fsp3) is 0.222. The molecule has 0 unspecified atom stereocenters. The molecule has 0 saturated carbocycles. The molecule has 0 radical (unpaired) electrons. The zero-order chi connectivity index (χ0) is 7.82. The minimum Gasteiger partial charge on any atom is -0.296 e. The predicted molar refractivity (Wildman–Crippen MR) is 46.1 cm³/mol. The van der Waals surface area contributed by atoms with Crippen LogP contribution in [0.15, 0.2) is 29.3 Å². The summed E-state index contributed by atoms with van der Waals surface area (Å²) in [5.74, 6) is 5.65. The summed E-state index contributed by atoms with van der Waals surface area (Å²) in [6.07, 6.45) is 5.23. The van der Waals surface area contributed by atoms with Gasteiger partial charge in [-0.05, 0) is 13.0 Å². The summed E-state index contributed by atoms with van der Waals surface area (Å²) >= 11 is 0. The monoisotopic (exact) mass is 133 g/mol. The molecule has 0 amide bonds. The number of rotatable bonds is 2. The highest BCUT2D eigenvalue weighted by atomic mass is 14.6. The molecule has 0 bridgehead atoms. The molecule has 52 valence electrons. The quantitative estimate of drug-likeness (QED) is 0.309. The molecule has 0 aromatic heterocycles. The molecule has 10 heavy (non-hydrogen) atoms. The van der Waals surface area contributed by atoms with Crippen molar-refractivity contribution in [3.8, 4) is 11.8 Å². The van der Waals surface area contributed by atoms with Crippen LogP contribution in [0, 0.1) is 11.8 Å². The van der Waals surface area contributed by atoms with Gasteiger partial charge in [-0.1, -0.05) is 18.6 Å². The zero-order valence-electron chi connectivity index (χ0n) is 6.39. The Morgan fingerprint density at radius 1 is 1.60 bits per heavy atom. The number of aliphatic imine (C=N–C) groups is 1. The summed E-state index contributed by atoms with van der Waals surface area (Å²) in [6.45, 7) is 5.39. The first kappa shape index (κ1) is 8.71. The van der Waals surface area contributed by atoms with Gasteiger partial charge in [-0.15, -0.1) is 5.92 Å². The van der Waals surface area contributed by atoms with E-state index in [1.807, 2.05) is 6.08 Å². The van der Waals surface area contributed by atoms with Gasteiger partial charge in [-0.25, -0.2) is 0 Å². The Kier molecular flexibility index (Phi) is 5.09.